The van der Waals surface area contributed by atoms with Crippen molar-refractivity contribution in [3.05, 3.63) is 35.4 Å². The van der Waals surface area contributed by atoms with Crippen LogP contribution in [0.25, 0.3) is 0 Å². The molecule has 0 aliphatic carbocycles. The SMILES string of the molecule is O=C1c2ccccc2C(=O)N1C(CCl)C(O)CCl. The third-order valence-electron chi connectivity index (χ3n) is 2.92. The standard InChI is InChI=1S/C12H11Cl2NO3/c13-5-9(10(16)6-14)15-11(17)7-3-1-2-4-8(7)12(15)18/h1-4,9-10,16H,5-6H2. The number of aliphatic hydroxyl groups excluding tert-OH is 1. The number of nitrogens with zero attached hydrogens (tertiary/aromatic N) is 1. The van der Waals surface area contributed by atoms with Crippen molar-refractivity contribution in [3.63, 3.8) is 0 Å². The lowest BCUT2D eigenvalue weighted by Crippen LogP contribution is -2.48. The zero-order chi connectivity index (χ0) is 13.3. The molecule has 0 saturated heterocycles. The van der Waals surface area contributed by atoms with E-state index in [1.165, 1.54) is 0 Å². The number of halogens is 2. The molecule has 4 nitrogen and oxygen atoms in total. The van der Waals surface area contributed by atoms with E-state index >= 15 is 0 Å². The maximum Gasteiger partial charge on any atom is 0.261 e. The Bertz CT molecular complexity index is 457. The highest BCUT2D eigenvalue weighted by molar-refractivity contribution is 6.23. The first kappa shape index (κ1) is 13.3. The van der Waals surface area contributed by atoms with Crippen LogP contribution in [0.5, 0.6) is 0 Å². The summed E-state index contributed by atoms with van der Waals surface area (Å²) in [7, 11) is 0. The Hall–Kier alpha value is -1.10. The molecule has 6 heteroatoms. The number of benzene rings is 1. The number of alkyl halides is 2. The minimum atomic E-state index is -1.04. The minimum Gasteiger partial charge on any atom is -0.390 e. The molecular formula is C12H11Cl2NO3. The molecule has 2 amide bonds. The second-order valence-electron chi connectivity index (χ2n) is 3.97. The van der Waals surface area contributed by atoms with Gasteiger partial charge in [-0.3, -0.25) is 14.5 Å². The highest BCUT2D eigenvalue weighted by atomic mass is 35.5. The van der Waals surface area contributed by atoms with Gasteiger partial charge in [-0.2, -0.15) is 0 Å². The molecule has 0 bridgehead atoms. The molecule has 2 rings (SSSR count). The molecule has 1 aromatic rings. The van der Waals surface area contributed by atoms with Crippen molar-refractivity contribution in [2.45, 2.75) is 12.1 Å². The molecule has 96 valence electrons. The molecule has 2 atom stereocenters. The third kappa shape index (κ3) is 2.00. The average molecular weight is 288 g/mol. The zero-order valence-corrected chi connectivity index (χ0v) is 10.9. The Morgan fingerprint density at radius 2 is 1.56 bits per heavy atom. The van der Waals surface area contributed by atoms with Gasteiger partial charge in [0.1, 0.15) is 0 Å². The van der Waals surface area contributed by atoms with Crippen molar-refractivity contribution in [2.75, 3.05) is 11.8 Å². The van der Waals surface area contributed by atoms with Crippen molar-refractivity contribution < 1.29 is 14.7 Å². The minimum absolute atomic E-state index is 0.0562. The van der Waals surface area contributed by atoms with Crippen LogP contribution in [-0.4, -0.2) is 45.7 Å². The molecule has 1 N–H and O–H groups in total. The van der Waals surface area contributed by atoms with Gasteiger partial charge in [0, 0.05) is 5.88 Å². The molecular weight excluding hydrogens is 277 g/mol. The molecule has 0 aromatic heterocycles. The van der Waals surface area contributed by atoms with E-state index in [2.05, 4.69) is 0 Å². The topological polar surface area (TPSA) is 57.6 Å². The molecule has 0 radical (unpaired) electrons. The first-order chi connectivity index (χ1) is 8.61. The number of imide groups is 1. The van der Waals surface area contributed by atoms with Gasteiger partial charge < -0.3 is 5.11 Å². The number of hydrogen-bond donors (Lipinski definition) is 1. The Morgan fingerprint density at radius 3 is 1.94 bits per heavy atom. The maximum atomic E-state index is 12.1. The van der Waals surface area contributed by atoms with E-state index in [9.17, 15) is 14.7 Å². The van der Waals surface area contributed by atoms with E-state index in [4.69, 9.17) is 23.2 Å². The molecule has 2 unspecified atom stereocenters. The fourth-order valence-electron chi connectivity index (χ4n) is 1.96. The van der Waals surface area contributed by atoms with Crippen molar-refractivity contribution in [1.82, 2.24) is 4.90 Å². The predicted molar refractivity (Wildman–Crippen MR) is 68.2 cm³/mol. The third-order valence-corrected chi connectivity index (χ3v) is 3.55. The first-order valence-corrected chi connectivity index (χ1v) is 6.45. The Kier molecular flexibility index (Phi) is 3.90. The van der Waals surface area contributed by atoms with Crippen LogP contribution in [0.15, 0.2) is 24.3 Å². The molecule has 0 fully saturated rings. The summed E-state index contributed by atoms with van der Waals surface area (Å²) in [5.74, 6) is -1.03. The van der Waals surface area contributed by atoms with E-state index in [0.717, 1.165) is 4.90 Å². The molecule has 1 aliphatic rings. The Balaban J connectivity index is 2.38. The second-order valence-corrected chi connectivity index (χ2v) is 4.59. The van der Waals surface area contributed by atoms with E-state index < -0.39 is 24.0 Å². The lowest BCUT2D eigenvalue weighted by Gasteiger charge is -2.27. The summed E-state index contributed by atoms with van der Waals surface area (Å²) < 4.78 is 0. The lowest BCUT2D eigenvalue weighted by atomic mass is 10.1. The summed E-state index contributed by atoms with van der Waals surface area (Å²) in [6.45, 7) is 0. The van der Waals surface area contributed by atoms with Crippen LogP contribution >= 0.6 is 23.2 Å². The number of rotatable bonds is 4. The molecule has 0 saturated carbocycles. The Morgan fingerprint density at radius 1 is 1.06 bits per heavy atom. The summed E-state index contributed by atoms with van der Waals surface area (Å²) in [5, 5.41) is 9.73. The van der Waals surface area contributed by atoms with Crippen LogP contribution in [0.3, 0.4) is 0 Å². The van der Waals surface area contributed by atoms with Gasteiger partial charge in [0.05, 0.1) is 29.2 Å². The van der Waals surface area contributed by atoms with Crippen LogP contribution in [0.2, 0.25) is 0 Å². The normalized spacial score (nSPS) is 17.8. The van der Waals surface area contributed by atoms with E-state index in [-0.39, 0.29) is 11.8 Å². The number of aliphatic hydroxyl groups is 1. The lowest BCUT2D eigenvalue weighted by molar-refractivity contribution is 0.0428. The first-order valence-electron chi connectivity index (χ1n) is 5.38. The van der Waals surface area contributed by atoms with Crippen molar-refractivity contribution >= 4 is 35.0 Å². The van der Waals surface area contributed by atoms with Crippen molar-refractivity contribution in [2.24, 2.45) is 0 Å². The predicted octanol–water partition coefficient (Wildman–Crippen LogP) is 1.49. The highest BCUT2D eigenvalue weighted by Crippen LogP contribution is 2.26. The molecule has 18 heavy (non-hydrogen) atoms. The summed E-state index contributed by atoms with van der Waals surface area (Å²) >= 11 is 11.3. The number of fused-ring (bicyclic) bond motifs is 1. The zero-order valence-electron chi connectivity index (χ0n) is 9.35. The van der Waals surface area contributed by atoms with Crippen LogP contribution < -0.4 is 0 Å². The number of carbonyl (C=O) groups is 2. The monoisotopic (exact) mass is 287 g/mol. The van der Waals surface area contributed by atoms with E-state index in [0.29, 0.717) is 11.1 Å². The van der Waals surface area contributed by atoms with E-state index in [1.54, 1.807) is 24.3 Å². The summed E-state index contributed by atoms with van der Waals surface area (Å²) in [6, 6.07) is 5.71. The fraction of sp³-hybridized carbons (Fsp3) is 0.333. The summed E-state index contributed by atoms with van der Waals surface area (Å²) in [6.07, 6.45) is -1.04. The fourth-order valence-corrected chi connectivity index (χ4v) is 2.51. The number of hydrogen-bond acceptors (Lipinski definition) is 3. The molecule has 1 heterocycles. The van der Waals surface area contributed by atoms with E-state index in [1.807, 2.05) is 0 Å². The van der Waals surface area contributed by atoms with Crippen LogP contribution in [0.1, 0.15) is 20.7 Å². The van der Waals surface area contributed by atoms with Gasteiger partial charge in [-0.15, -0.1) is 23.2 Å². The largest absolute Gasteiger partial charge is 0.390 e. The Labute approximate surface area is 114 Å². The van der Waals surface area contributed by atoms with Gasteiger partial charge >= 0.3 is 0 Å². The summed E-state index contributed by atoms with van der Waals surface area (Å²) in [4.78, 5) is 25.2. The average Bonchev–Trinajstić information content (AvgIpc) is 2.65. The van der Waals surface area contributed by atoms with Gasteiger partial charge in [-0.1, -0.05) is 12.1 Å². The molecule has 0 spiro atoms. The van der Waals surface area contributed by atoms with Crippen molar-refractivity contribution in [3.8, 4) is 0 Å². The number of carbonyl (C=O) groups excluding carboxylic acids is 2. The van der Waals surface area contributed by atoms with Crippen LogP contribution in [-0.2, 0) is 0 Å². The number of amides is 2. The van der Waals surface area contributed by atoms with Gasteiger partial charge in [0.2, 0.25) is 0 Å². The van der Waals surface area contributed by atoms with Crippen LogP contribution in [0, 0.1) is 0 Å². The van der Waals surface area contributed by atoms with Gasteiger partial charge in [-0.25, -0.2) is 0 Å². The smallest absolute Gasteiger partial charge is 0.261 e. The second kappa shape index (κ2) is 5.26. The van der Waals surface area contributed by atoms with Gasteiger partial charge in [0.15, 0.2) is 0 Å². The van der Waals surface area contributed by atoms with Crippen LogP contribution in [0.4, 0.5) is 0 Å². The maximum absolute atomic E-state index is 12.1. The van der Waals surface area contributed by atoms with Gasteiger partial charge in [0.25, 0.3) is 11.8 Å². The quantitative estimate of drug-likeness (QED) is 0.674. The molecule has 1 aromatic carbocycles. The van der Waals surface area contributed by atoms with Gasteiger partial charge in [-0.05, 0) is 12.1 Å². The highest BCUT2D eigenvalue weighted by Gasteiger charge is 2.41. The molecule has 1 aliphatic heterocycles. The van der Waals surface area contributed by atoms with Crippen molar-refractivity contribution in [1.29, 1.82) is 0 Å². The summed E-state index contributed by atoms with van der Waals surface area (Å²) in [5.41, 5.74) is 0.666.